The van der Waals surface area contributed by atoms with Gasteiger partial charge < -0.3 is 24.2 Å². The number of ether oxygens (including phenoxy) is 3. The van der Waals surface area contributed by atoms with E-state index in [1.807, 2.05) is 54.6 Å². The number of hydrogen-bond donors (Lipinski definition) is 1. The van der Waals surface area contributed by atoms with Crippen molar-refractivity contribution in [3.63, 3.8) is 0 Å². The number of unbranched alkanes of at least 4 members (excludes halogenated alkanes) is 1. The number of Topliss-reactive ketones (excluding diaryl/α,β-unsaturated/α-hetero) is 1. The van der Waals surface area contributed by atoms with Gasteiger partial charge in [-0.25, -0.2) is 0 Å². The summed E-state index contributed by atoms with van der Waals surface area (Å²) in [7, 11) is 0. The number of amides is 1. The number of carbonyl (C=O) groups is 2. The van der Waals surface area contributed by atoms with Crippen molar-refractivity contribution in [2.24, 2.45) is 0 Å². The zero-order valence-electron chi connectivity index (χ0n) is 22.0. The summed E-state index contributed by atoms with van der Waals surface area (Å²) < 4.78 is 17.6. The van der Waals surface area contributed by atoms with Gasteiger partial charge in [0.1, 0.15) is 23.0 Å². The van der Waals surface area contributed by atoms with Crippen LogP contribution in [0.4, 0.5) is 0 Å². The highest BCUT2D eigenvalue weighted by molar-refractivity contribution is 6.46. The number of nitrogens with zero attached hydrogens (tertiary/aromatic N) is 1. The Labute approximate surface area is 228 Å². The van der Waals surface area contributed by atoms with Crippen molar-refractivity contribution in [1.82, 2.24) is 4.90 Å². The third kappa shape index (κ3) is 5.99. The molecule has 0 bridgehead atoms. The molecule has 3 aromatic rings. The average Bonchev–Trinajstić information content (AvgIpc) is 3.56. The molecule has 0 aliphatic carbocycles. The quantitative estimate of drug-likeness (QED) is 0.145. The van der Waals surface area contributed by atoms with Gasteiger partial charge in [-0.2, -0.15) is 0 Å². The van der Waals surface area contributed by atoms with Crippen LogP contribution in [0.2, 0.25) is 0 Å². The lowest BCUT2D eigenvalue weighted by molar-refractivity contribution is -0.140. The van der Waals surface area contributed by atoms with Crippen molar-refractivity contribution in [1.29, 1.82) is 0 Å². The van der Waals surface area contributed by atoms with Crippen LogP contribution < -0.4 is 9.47 Å². The predicted molar refractivity (Wildman–Crippen MR) is 148 cm³/mol. The molecule has 0 saturated carbocycles. The van der Waals surface area contributed by atoms with Gasteiger partial charge in [0.2, 0.25) is 0 Å². The molecule has 0 radical (unpaired) electrons. The molecule has 202 valence electrons. The highest BCUT2D eigenvalue weighted by Gasteiger charge is 2.47. The minimum Gasteiger partial charge on any atom is -0.507 e. The lowest BCUT2D eigenvalue weighted by atomic mass is 9.95. The Kier molecular flexibility index (Phi) is 8.27. The summed E-state index contributed by atoms with van der Waals surface area (Å²) in [6.07, 6.45) is 3.54. The van der Waals surface area contributed by atoms with Crippen molar-refractivity contribution in [3.8, 4) is 17.2 Å². The molecule has 2 aliphatic heterocycles. The van der Waals surface area contributed by atoms with Gasteiger partial charge in [-0.3, -0.25) is 9.59 Å². The minimum atomic E-state index is -0.783. The molecule has 1 N–H and O–H groups in total. The second-order valence-electron chi connectivity index (χ2n) is 9.80. The largest absolute Gasteiger partial charge is 0.507 e. The normalized spacial score (nSPS) is 20.4. The highest BCUT2D eigenvalue weighted by atomic mass is 16.5. The summed E-state index contributed by atoms with van der Waals surface area (Å²) in [5.41, 5.74) is 1.16. The number of rotatable bonds is 10. The Morgan fingerprint density at radius 2 is 1.74 bits per heavy atom. The molecule has 2 atom stereocenters. The van der Waals surface area contributed by atoms with Crippen molar-refractivity contribution in [2.75, 3.05) is 19.8 Å². The summed E-state index contributed by atoms with van der Waals surface area (Å²) in [6, 6.07) is 22.8. The van der Waals surface area contributed by atoms with Crippen molar-refractivity contribution in [3.05, 3.63) is 95.6 Å². The Morgan fingerprint density at radius 1 is 0.974 bits per heavy atom. The molecule has 2 heterocycles. The van der Waals surface area contributed by atoms with Crippen LogP contribution in [0.1, 0.15) is 49.8 Å². The fourth-order valence-electron chi connectivity index (χ4n) is 4.99. The topological polar surface area (TPSA) is 85.3 Å². The number of ketones is 1. The van der Waals surface area contributed by atoms with E-state index in [4.69, 9.17) is 14.2 Å². The number of aliphatic hydroxyl groups excluding tert-OH is 1. The van der Waals surface area contributed by atoms with Crippen molar-refractivity contribution >= 4 is 17.4 Å². The molecule has 0 unspecified atom stereocenters. The van der Waals surface area contributed by atoms with Crippen LogP contribution in [0.15, 0.2) is 84.4 Å². The van der Waals surface area contributed by atoms with Gasteiger partial charge in [0, 0.05) is 18.7 Å². The molecule has 1 amide bonds. The van der Waals surface area contributed by atoms with Crippen LogP contribution in [-0.4, -0.2) is 47.6 Å². The maximum Gasteiger partial charge on any atom is 0.295 e. The molecule has 2 fully saturated rings. The minimum absolute atomic E-state index is 0.0505. The van der Waals surface area contributed by atoms with E-state index in [2.05, 4.69) is 6.92 Å². The van der Waals surface area contributed by atoms with E-state index in [0.717, 1.165) is 25.7 Å². The summed E-state index contributed by atoms with van der Waals surface area (Å²) in [5, 5.41) is 11.4. The zero-order valence-corrected chi connectivity index (χ0v) is 22.0. The summed E-state index contributed by atoms with van der Waals surface area (Å²) >= 11 is 0. The molecule has 3 aromatic carbocycles. The standard InChI is InChI=1S/C32H33NO6/c1-2-3-18-37-24-16-14-22(15-17-24)30(34)28-29(33(32(36)31(28)35)21-27-13-8-19-38-27)23-9-7-12-26(20-23)39-25-10-5-4-6-11-25/h4-7,9-12,14-17,20,27,29,34H,2-3,8,13,18-19,21H2,1H3/t27-,29-/m1/s1. The zero-order chi connectivity index (χ0) is 27.2. The van der Waals surface area contributed by atoms with Gasteiger partial charge in [-0.05, 0) is 73.4 Å². The molecule has 5 rings (SSSR count). The van der Waals surface area contributed by atoms with Crippen LogP contribution in [0, 0.1) is 0 Å². The Hall–Kier alpha value is -4.10. The second kappa shape index (κ2) is 12.2. The number of para-hydroxylation sites is 1. The van der Waals surface area contributed by atoms with Gasteiger partial charge in [0.05, 0.1) is 24.3 Å². The molecule has 7 nitrogen and oxygen atoms in total. The van der Waals surface area contributed by atoms with Gasteiger partial charge in [0.15, 0.2) is 0 Å². The van der Waals surface area contributed by atoms with E-state index in [9.17, 15) is 14.7 Å². The fourth-order valence-corrected chi connectivity index (χ4v) is 4.99. The average molecular weight is 528 g/mol. The lowest BCUT2D eigenvalue weighted by Crippen LogP contribution is -2.36. The predicted octanol–water partition coefficient (Wildman–Crippen LogP) is 6.26. The summed E-state index contributed by atoms with van der Waals surface area (Å²) in [5.74, 6) is 0.335. The van der Waals surface area contributed by atoms with Crippen LogP contribution in [-0.2, 0) is 14.3 Å². The third-order valence-electron chi connectivity index (χ3n) is 7.01. The number of benzene rings is 3. The maximum absolute atomic E-state index is 13.4. The third-order valence-corrected chi connectivity index (χ3v) is 7.01. The van der Waals surface area contributed by atoms with Crippen LogP contribution >= 0.6 is 0 Å². The number of aliphatic hydroxyl groups is 1. The smallest absolute Gasteiger partial charge is 0.295 e. The summed E-state index contributed by atoms with van der Waals surface area (Å²) in [6.45, 7) is 3.60. The number of carbonyl (C=O) groups excluding carboxylic acids is 2. The molecular weight excluding hydrogens is 494 g/mol. The molecule has 7 heteroatoms. The van der Waals surface area contributed by atoms with E-state index in [0.29, 0.717) is 41.6 Å². The lowest BCUT2D eigenvalue weighted by Gasteiger charge is -2.27. The van der Waals surface area contributed by atoms with E-state index in [-0.39, 0.29) is 24.0 Å². The first-order valence-electron chi connectivity index (χ1n) is 13.5. The summed E-state index contributed by atoms with van der Waals surface area (Å²) in [4.78, 5) is 28.2. The first-order valence-corrected chi connectivity index (χ1v) is 13.5. The molecule has 2 aliphatic rings. The molecule has 2 saturated heterocycles. The van der Waals surface area contributed by atoms with Crippen molar-refractivity contribution < 1.29 is 28.9 Å². The maximum atomic E-state index is 13.4. The second-order valence-corrected chi connectivity index (χ2v) is 9.80. The highest BCUT2D eigenvalue weighted by Crippen LogP contribution is 2.41. The van der Waals surface area contributed by atoms with Gasteiger partial charge in [0.25, 0.3) is 11.7 Å². The Balaban J connectivity index is 1.51. The van der Waals surface area contributed by atoms with Crippen LogP contribution in [0.3, 0.4) is 0 Å². The van der Waals surface area contributed by atoms with Crippen LogP contribution in [0.25, 0.3) is 5.76 Å². The number of likely N-dealkylation sites (tertiary alicyclic amines) is 1. The fraction of sp³-hybridized carbons (Fsp3) is 0.312. The van der Waals surface area contributed by atoms with Crippen LogP contribution in [0.5, 0.6) is 17.2 Å². The molecule has 0 spiro atoms. The van der Waals surface area contributed by atoms with E-state index >= 15 is 0 Å². The molecule has 0 aromatic heterocycles. The SMILES string of the molecule is CCCCOc1ccc(C(O)=C2C(=O)C(=O)N(C[C@H]3CCCO3)[C@@H]2c2cccc(Oc3ccccc3)c2)cc1. The van der Waals surface area contributed by atoms with E-state index < -0.39 is 17.7 Å². The van der Waals surface area contributed by atoms with Gasteiger partial charge >= 0.3 is 0 Å². The first-order chi connectivity index (χ1) is 19.0. The van der Waals surface area contributed by atoms with E-state index in [1.165, 1.54) is 4.90 Å². The first kappa shape index (κ1) is 26.5. The molecule has 39 heavy (non-hydrogen) atoms. The van der Waals surface area contributed by atoms with Crippen molar-refractivity contribution in [2.45, 2.75) is 44.8 Å². The number of hydrogen-bond acceptors (Lipinski definition) is 6. The Morgan fingerprint density at radius 3 is 2.46 bits per heavy atom. The molecular formula is C32H33NO6. The van der Waals surface area contributed by atoms with Gasteiger partial charge in [-0.1, -0.05) is 43.7 Å². The van der Waals surface area contributed by atoms with Gasteiger partial charge in [-0.15, -0.1) is 0 Å². The monoisotopic (exact) mass is 527 g/mol. The van der Waals surface area contributed by atoms with E-state index in [1.54, 1.807) is 24.3 Å². The Bertz CT molecular complexity index is 1330.